The predicted molar refractivity (Wildman–Crippen MR) is 95.1 cm³/mol. The minimum Gasteiger partial charge on any atom is -0.504 e. The molecular formula is C17H18ClN3O3. The minimum atomic E-state index is -0.302. The van der Waals surface area contributed by atoms with Crippen LogP contribution in [0, 0.1) is 6.92 Å². The van der Waals surface area contributed by atoms with E-state index < -0.39 is 0 Å². The fourth-order valence-electron chi connectivity index (χ4n) is 1.98. The molecule has 3 N–H and O–H groups in total. The van der Waals surface area contributed by atoms with Crippen molar-refractivity contribution in [3.8, 4) is 11.5 Å². The van der Waals surface area contributed by atoms with Crippen molar-refractivity contribution in [2.24, 2.45) is 5.10 Å². The van der Waals surface area contributed by atoms with Crippen molar-refractivity contribution in [3.63, 3.8) is 0 Å². The Balaban J connectivity index is 1.86. The summed E-state index contributed by atoms with van der Waals surface area (Å²) in [7, 11) is 1.47. The number of hydrazone groups is 1. The zero-order valence-corrected chi connectivity index (χ0v) is 14.1. The second-order valence-corrected chi connectivity index (χ2v) is 5.40. The van der Waals surface area contributed by atoms with Crippen LogP contribution in [0.4, 0.5) is 5.69 Å². The van der Waals surface area contributed by atoms with Crippen LogP contribution in [0.1, 0.15) is 11.1 Å². The van der Waals surface area contributed by atoms with Crippen molar-refractivity contribution >= 4 is 29.4 Å². The second-order valence-electron chi connectivity index (χ2n) is 4.99. The first-order valence-electron chi connectivity index (χ1n) is 7.19. The topological polar surface area (TPSA) is 83.0 Å². The highest BCUT2D eigenvalue weighted by Gasteiger charge is 2.04. The number of nitrogens with zero attached hydrogens (tertiary/aromatic N) is 1. The highest BCUT2D eigenvalue weighted by Crippen LogP contribution is 2.25. The van der Waals surface area contributed by atoms with Gasteiger partial charge in [0.25, 0.3) is 5.91 Å². The molecule has 0 atom stereocenters. The van der Waals surface area contributed by atoms with E-state index in [0.29, 0.717) is 16.3 Å². The molecule has 1 amide bonds. The zero-order valence-electron chi connectivity index (χ0n) is 13.3. The fraction of sp³-hybridized carbons (Fsp3) is 0.176. The summed E-state index contributed by atoms with van der Waals surface area (Å²) in [6.07, 6.45) is 1.43. The quantitative estimate of drug-likeness (QED) is 0.554. The standard InChI is InChI=1S/C17H18ClN3O3/c1-11-13(18)4-3-5-14(11)19-10-17(23)21-20-9-12-6-7-16(24-2)15(22)8-12/h3-9,19,22H,10H2,1-2H3,(H,21,23)/b20-9+. The summed E-state index contributed by atoms with van der Waals surface area (Å²) in [5, 5.41) is 17.1. The van der Waals surface area contributed by atoms with E-state index in [1.807, 2.05) is 19.1 Å². The average Bonchev–Trinajstić information content (AvgIpc) is 2.56. The van der Waals surface area contributed by atoms with Gasteiger partial charge in [-0.3, -0.25) is 4.79 Å². The van der Waals surface area contributed by atoms with Gasteiger partial charge < -0.3 is 15.2 Å². The number of carbonyl (C=O) groups is 1. The van der Waals surface area contributed by atoms with E-state index in [1.165, 1.54) is 19.4 Å². The molecule has 0 saturated heterocycles. The van der Waals surface area contributed by atoms with Crippen LogP contribution < -0.4 is 15.5 Å². The molecule has 0 fully saturated rings. The molecule has 0 aliphatic heterocycles. The van der Waals surface area contributed by atoms with Crippen LogP contribution >= 0.6 is 11.6 Å². The van der Waals surface area contributed by atoms with Gasteiger partial charge in [-0.15, -0.1) is 0 Å². The lowest BCUT2D eigenvalue weighted by Gasteiger charge is -2.09. The number of anilines is 1. The van der Waals surface area contributed by atoms with E-state index in [2.05, 4.69) is 15.8 Å². The van der Waals surface area contributed by atoms with E-state index >= 15 is 0 Å². The molecule has 126 valence electrons. The maximum atomic E-state index is 11.8. The SMILES string of the molecule is COc1ccc(/C=N/NC(=O)CNc2cccc(Cl)c2C)cc1O. The number of rotatable bonds is 6. The third kappa shape index (κ3) is 4.63. The lowest BCUT2D eigenvalue weighted by atomic mass is 10.2. The van der Waals surface area contributed by atoms with Crippen LogP contribution in [-0.2, 0) is 4.79 Å². The van der Waals surface area contributed by atoms with E-state index in [4.69, 9.17) is 16.3 Å². The van der Waals surface area contributed by atoms with Crippen LogP contribution in [0.25, 0.3) is 0 Å². The summed E-state index contributed by atoms with van der Waals surface area (Å²) >= 11 is 6.02. The number of hydrogen-bond acceptors (Lipinski definition) is 5. The number of ether oxygens (including phenoxy) is 1. The fourth-order valence-corrected chi connectivity index (χ4v) is 2.15. The average molecular weight is 348 g/mol. The Kier molecular flexibility index (Phi) is 6.03. The Hall–Kier alpha value is -2.73. The van der Waals surface area contributed by atoms with Crippen molar-refractivity contribution in [2.75, 3.05) is 19.0 Å². The lowest BCUT2D eigenvalue weighted by molar-refractivity contribution is -0.119. The summed E-state index contributed by atoms with van der Waals surface area (Å²) in [5.41, 5.74) is 4.71. The Morgan fingerprint density at radius 2 is 2.17 bits per heavy atom. The highest BCUT2D eigenvalue weighted by atomic mass is 35.5. The van der Waals surface area contributed by atoms with Gasteiger partial charge in [-0.2, -0.15) is 5.10 Å². The molecule has 2 rings (SSSR count). The first-order valence-corrected chi connectivity index (χ1v) is 7.57. The largest absolute Gasteiger partial charge is 0.504 e. The van der Waals surface area contributed by atoms with E-state index in [-0.39, 0.29) is 18.2 Å². The number of phenolic OH excluding ortho intramolecular Hbond substituents is 1. The third-order valence-corrected chi connectivity index (χ3v) is 3.72. The number of halogens is 1. The molecular weight excluding hydrogens is 330 g/mol. The number of methoxy groups -OCH3 is 1. The van der Waals surface area contributed by atoms with Gasteiger partial charge in [-0.05, 0) is 48.4 Å². The van der Waals surface area contributed by atoms with Crippen molar-refractivity contribution in [1.82, 2.24) is 5.43 Å². The van der Waals surface area contributed by atoms with Crippen molar-refractivity contribution in [1.29, 1.82) is 0 Å². The molecule has 0 aliphatic rings. The number of hydrogen-bond donors (Lipinski definition) is 3. The van der Waals surface area contributed by atoms with Crippen LogP contribution in [0.15, 0.2) is 41.5 Å². The number of nitrogens with one attached hydrogen (secondary N) is 2. The van der Waals surface area contributed by atoms with Crippen LogP contribution in [0.3, 0.4) is 0 Å². The van der Waals surface area contributed by atoms with Gasteiger partial charge in [0.2, 0.25) is 0 Å². The first-order chi connectivity index (χ1) is 11.5. The van der Waals surface area contributed by atoms with Gasteiger partial charge in [0.15, 0.2) is 11.5 Å². The molecule has 24 heavy (non-hydrogen) atoms. The molecule has 0 spiro atoms. The third-order valence-electron chi connectivity index (χ3n) is 3.31. The Morgan fingerprint density at radius 1 is 1.38 bits per heavy atom. The molecule has 2 aromatic carbocycles. The van der Waals surface area contributed by atoms with Gasteiger partial charge in [0.05, 0.1) is 19.9 Å². The normalized spacial score (nSPS) is 10.6. The van der Waals surface area contributed by atoms with Gasteiger partial charge >= 0.3 is 0 Å². The molecule has 0 aromatic heterocycles. The molecule has 0 heterocycles. The molecule has 7 heteroatoms. The number of carbonyl (C=O) groups excluding carboxylic acids is 1. The number of amides is 1. The second kappa shape index (κ2) is 8.21. The first kappa shape index (κ1) is 17.6. The molecule has 0 saturated carbocycles. The van der Waals surface area contributed by atoms with Crippen molar-refractivity contribution < 1.29 is 14.6 Å². The Labute approximate surface area is 145 Å². The van der Waals surface area contributed by atoms with E-state index in [9.17, 15) is 9.90 Å². The molecule has 0 unspecified atom stereocenters. The van der Waals surface area contributed by atoms with Gasteiger partial charge in [0, 0.05) is 10.7 Å². The van der Waals surface area contributed by atoms with E-state index in [0.717, 1.165) is 11.3 Å². The van der Waals surface area contributed by atoms with Crippen LogP contribution in [-0.4, -0.2) is 30.9 Å². The van der Waals surface area contributed by atoms with Gasteiger partial charge in [-0.1, -0.05) is 17.7 Å². The molecule has 2 aromatic rings. The Bertz CT molecular complexity index is 763. The molecule has 0 bridgehead atoms. The van der Waals surface area contributed by atoms with Gasteiger partial charge in [-0.25, -0.2) is 5.43 Å². The highest BCUT2D eigenvalue weighted by molar-refractivity contribution is 6.31. The van der Waals surface area contributed by atoms with Crippen molar-refractivity contribution in [3.05, 3.63) is 52.5 Å². The molecule has 6 nitrogen and oxygen atoms in total. The number of benzene rings is 2. The van der Waals surface area contributed by atoms with Crippen molar-refractivity contribution in [2.45, 2.75) is 6.92 Å². The maximum absolute atomic E-state index is 11.8. The summed E-state index contributed by atoms with van der Waals surface area (Å²) in [5.74, 6) is 0.0755. The molecule has 0 aliphatic carbocycles. The van der Waals surface area contributed by atoms with E-state index in [1.54, 1.807) is 18.2 Å². The zero-order chi connectivity index (χ0) is 17.5. The number of aromatic hydroxyl groups is 1. The monoisotopic (exact) mass is 347 g/mol. The summed E-state index contributed by atoms with van der Waals surface area (Å²) in [6.45, 7) is 1.93. The summed E-state index contributed by atoms with van der Waals surface area (Å²) in [4.78, 5) is 11.8. The maximum Gasteiger partial charge on any atom is 0.259 e. The summed E-state index contributed by atoms with van der Waals surface area (Å²) < 4.78 is 4.95. The van der Waals surface area contributed by atoms with Gasteiger partial charge in [0.1, 0.15) is 0 Å². The predicted octanol–water partition coefficient (Wildman–Crippen LogP) is 2.92. The van der Waals surface area contributed by atoms with Crippen LogP contribution in [0.5, 0.6) is 11.5 Å². The molecule has 0 radical (unpaired) electrons. The lowest BCUT2D eigenvalue weighted by Crippen LogP contribution is -2.26. The smallest absolute Gasteiger partial charge is 0.259 e. The minimum absolute atomic E-state index is 0.00544. The number of phenols is 1. The van der Waals surface area contributed by atoms with Crippen LogP contribution in [0.2, 0.25) is 5.02 Å². The Morgan fingerprint density at radius 3 is 2.88 bits per heavy atom. The summed E-state index contributed by atoms with van der Waals surface area (Å²) in [6, 6.07) is 10.3.